The maximum Gasteiger partial charge on any atom is 0.317 e. The van der Waals surface area contributed by atoms with Gasteiger partial charge in [0.2, 0.25) is 5.91 Å². The highest BCUT2D eigenvalue weighted by Crippen LogP contribution is 2.15. The van der Waals surface area contributed by atoms with E-state index in [2.05, 4.69) is 10.3 Å². The summed E-state index contributed by atoms with van der Waals surface area (Å²) in [6.45, 7) is 4.34. The average molecular weight is 354 g/mol. The maximum absolute atomic E-state index is 12.3. The Hall–Kier alpha value is -1.67. The number of aromatic nitrogens is 1. The molecular formula is C16H26N4O3S. The molecule has 134 valence electrons. The molecule has 0 atom stereocenters. The fraction of sp³-hybridized carbons (Fsp3) is 0.688. The van der Waals surface area contributed by atoms with E-state index in [1.807, 2.05) is 18.0 Å². The molecular weight excluding hydrogens is 328 g/mol. The zero-order valence-corrected chi connectivity index (χ0v) is 15.4. The summed E-state index contributed by atoms with van der Waals surface area (Å²) < 4.78 is 4.94. The predicted molar refractivity (Wildman–Crippen MR) is 92.9 cm³/mol. The number of methoxy groups -OCH3 is 1. The fourth-order valence-corrected chi connectivity index (χ4v) is 3.54. The molecule has 1 aliphatic heterocycles. The number of hydrogen-bond donors (Lipinski definition) is 1. The molecule has 1 aromatic heterocycles. The highest BCUT2D eigenvalue weighted by molar-refractivity contribution is 7.11. The molecule has 0 aromatic carbocycles. The number of rotatable bonds is 6. The van der Waals surface area contributed by atoms with Gasteiger partial charge in [-0.25, -0.2) is 9.78 Å². The summed E-state index contributed by atoms with van der Waals surface area (Å²) in [7, 11) is 3.38. The molecule has 1 aliphatic rings. The molecule has 24 heavy (non-hydrogen) atoms. The highest BCUT2D eigenvalue weighted by atomic mass is 32.1. The standard InChI is InChI=1S/C16H26N4O3S/c1-12-17-10-14(24-12)11-19(2)16(22)18-13-4-7-20(8-5-13)15(21)6-9-23-3/h10,13H,4-9,11H2,1-3H3,(H,18,22). The lowest BCUT2D eigenvalue weighted by Gasteiger charge is -2.33. The fourth-order valence-electron chi connectivity index (χ4n) is 2.69. The van der Waals surface area contributed by atoms with Crippen molar-refractivity contribution >= 4 is 23.3 Å². The smallest absolute Gasteiger partial charge is 0.317 e. The van der Waals surface area contributed by atoms with Gasteiger partial charge in [-0.1, -0.05) is 0 Å². The number of piperidine rings is 1. The van der Waals surface area contributed by atoms with Crippen LogP contribution in [0.2, 0.25) is 0 Å². The van der Waals surface area contributed by atoms with Crippen LogP contribution in [0.15, 0.2) is 6.20 Å². The van der Waals surface area contributed by atoms with Gasteiger partial charge in [-0.2, -0.15) is 0 Å². The largest absolute Gasteiger partial charge is 0.384 e. The average Bonchev–Trinajstić information content (AvgIpc) is 2.98. The van der Waals surface area contributed by atoms with E-state index in [1.165, 1.54) is 0 Å². The lowest BCUT2D eigenvalue weighted by atomic mass is 10.0. The van der Waals surface area contributed by atoms with Gasteiger partial charge in [0.25, 0.3) is 0 Å². The summed E-state index contributed by atoms with van der Waals surface area (Å²) in [5, 5.41) is 4.06. The van der Waals surface area contributed by atoms with Crippen LogP contribution in [0, 0.1) is 6.92 Å². The SMILES string of the molecule is COCCC(=O)N1CCC(NC(=O)N(C)Cc2cnc(C)s2)CC1. The van der Waals surface area contributed by atoms with Crippen LogP contribution >= 0.6 is 11.3 Å². The minimum Gasteiger partial charge on any atom is -0.384 e. The van der Waals surface area contributed by atoms with Gasteiger partial charge < -0.3 is 19.9 Å². The molecule has 2 rings (SSSR count). The van der Waals surface area contributed by atoms with E-state index in [0.717, 1.165) is 22.7 Å². The maximum atomic E-state index is 12.3. The number of nitrogens with zero attached hydrogens (tertiary/aromatic N) is 3. The summed E-state index contributed by atoms with van der Waals surface area (Å²) in [5.74, 6) is 0.124. The quantitative estimate of drug-likeness (QED) is 0.842. The Morgan fingerprint density at radius 2 is 2.17 bits per heavy atom. The van der Waals surface area contributed by atoms with Crippen molar-refractivity contribution in [3.8, 4) is 0 Å². The molecule has 1 N–H and O–H groups in total. The molecule has 2 heterocycles. The lowest BCUT2D eigenvalue weighted by molar-refractivity contribution is -0.133. The molecule has 0 unspecified atom stereocenters. The highest BCUT2D eigenvalue weighted by Gasteiger charge is 2.24. The van der Waals surface area contributed by atoms with Crippen LogP contribution in [0.25, 0.3) is 0 Å². The molecule has 8 heteroatoms. The number of thiazole rings is 1. The van der Waals surface area contributed by atoms with Crippen molar-refractivity contribution in [2.45, 2.75) is 38.8 Å². The van der Waals surface area contributed by atoms with E-state index in [0.29, 0.717) is 32.7 Å². The van der Waals surface area contributed by atoms with Crippen LogP contribution < -0.4 is 5.32 Å². The molecule has 0 saturated carbocycles. The summed E-state index contributed by atoms with van der Waals surface area (Å²) in [6.07, 6.45) is 3.81. The van der Waals surface area contributed by atoms with Gasteiger partial charge in [-0.15, -0.1) is 11.3 Å². The van der Waals surface area contributed by atoms with E-state index in [9.17, 15) is 9.59 Å². The monoisotopic (exact) mass is 354 g/mol. The number of ether oxygens (including phenoxy) is 1. The second-order valence-electron chi connectivity index (χ2n) is 6.05. The van der Waals surface area contributed by atoms with E-state index in [-0.39, 0.29) is 18.0 Å². The number of nitrogens with one attached hydrogen (secondary N) is 1. The molecule has 0 bridgehead atoms. The van der Waals surface area contributed by atoms with Crippen molar-refractivity contribution in [3.63, 3.8) is 0 Å². The van der Waals surface area contributed by atoms with Crippen LogP contribution in [-0.2, 0) is 16.1 Å². The van der Waals surface area contributed by atoms with Gasteiger partial charge >= 0.3 is 6.03 Å². The summed E-state index contributed by atoms with van der Waals surface area (Å²) in [6, 6.07) is 0.0415. The van der Waals surface area contributed by atoms with Crippen molar-refractivity contribution in [1.29, 1.82) is 0 Å². The second-order valence-corrected chi connectivity index (χ2v) is 7.37. The van der Waals surface area contributed by atoms with Gasteiger partial charge in [0, 0.05) is 44.4 Å². The molecule has 0 radical (unpaired) electrons. The van der Waals surface area contributed by atoms with Crippen LogP contribution in [0.4, 0.5) is 4.79 Å². The van der Waals surface area contributed by atoms with Gasteiger partial charge in [-0.3, -0.25) is 4.79 Å². The third-order valence-electron chi connectivity index (χ3n) is 4.10. The number of hydrogen-bond acceptors (Lipinski definition) is 5. The number of carbonyl (C=O) groups is 2. The van der Waals surface area contributed by atoms with Gasteiger partial charge in [0.1, 0.15) is 0 Å². The Labute approximate surface area is 147 Å². The van der Waals surface area contributed by atoms with Crippen molar-refractivity contribution in [1.82, 2.24) is 20.1 Å². The second kappa shape index (κ2) is 8.98. The molecule has 1 fully saturated rings. The number of amides is 3. The minimum absolute atomic E-state index is 0.0785. The van der Waals surface area contributed by atoms with Crippen LogP contribution in [0.3, 0.4) is 0 Å². The summed E-state index contributed by atoms with van der Waals surface area (Å²) in [5.41, 5.74) is 0. The van der Waals surface area contributed by atoms with Crippen molar-refractivity contribution in [2.75, 3.05) is 33.9 Å². The first kappa shape index (κ1) is 18.7. The first-order chi connectivity index (χ1) is 11.5. The zero-order chi connectivity index (χ0) is 17.5. The number of likely N-dealkylation sites (tertiary alicyclic amines) is 1. The van der Waals surface area contributed by atoms with E-state index >= 15 is 0 Å². The molecule has 7 nitrogen and oxygen atoms in total. The minimum atomic E-state index is -0.0785. The Morgan fingerprint density at radius 3 is 2.75 bits per heavy atom. The topological polar surface area (TPSA) is 74.8 Å². The molecule has 1 saturated heterocycles. The van der Waals surface area contributed by atoms with Crippen molar-refractivity contribution in [2.24, 2.45) is 0 Å². The van der Waals surface area contributed by atoms with Crippen LogP contribution in [0.5, 0.6) is 0 Å². The summed E-state index contributed by atoms with van der Waals surface area (Å²) >= 11 is 1.60. The van der Waals surface area contributed by atoms with Crippen LogP contribution in [0.1, 0.15) is 29.1 Å². The number of carbonyl (C=O) groups excluding carboxylic acids is 2. The first-order valence-electron chi connectivity index (χ1n) is 8.19. The van der Waals surface area contributed by atoms with Gasteiger partial charge in [0.05, 0.1) is 24.6 Å². The van der Waals surface area contributed by atoms with Gasteiger partial charge in [-0.05, 0) is 19.8 Å². The van der Waals surface area contributed by atoms with E-state index in [1.54, 1.807) is 30.4 Å². The third kappa shape index (κ3) is 5.45. The van der Waals surface area contributed by atoms with Crippen molar-refractivity contribution < 1.29 is 14.3 Å². The molecule has 3 amide bonds. The normalized spacial score (nSPS) is 15.4. The van der Waals surface area contributed by atoms with Crippen LogP contribution in [-0.4, -0.2) is 66.6 Å². The number of aryl methyl sites for hydroxylation is 1. The lowest BCUT2D eigenvalue weighted by Crippen LogP contribution is -2.49. The Morgan fingerprint density at radius 1 is 1.46 bits per heavy atom. The first-order valence-corrected chi connectivity index (χ1v) is 9.01. The molecule has 1 aromatic rings. The van der Waals surface area contributed by atoms with Gasteiger partial charge in [0.15, 0.2) is 0 Å². The zero-order valence-electron chi connectivity index (χ0n) is 14.6. The van der Waals surface area contributed by atoms with E-state index in [4.69, 9.17) is 4.74 Å². The van der Waals surface area contributed by atoms with E-state index < -0.39 is 0 Å². The Bertz CT molecular complexity index is 555. The molecule has 0 aliphatic carbocycles. The molecule has 0 spiro atoms. The predicted octanol–water partition coefficient (Wildman–Crippen LogP) is 1.62. The Kier molecular flexibility index (Phi) is 6.99. The van der Waals surface area contributed by atoms with Crippen molar-refractivity contribution in [3.05, 3.63) is 16.1 Å². The third-order valence-corrected chi connectivity index (χ3v) is 5.00. The number of urea groups is 1. The Balaban J connectivity index is 1.72. The summed E-state index contributed by atoms with van der Waals surface area (Å²) in [4.78, 5) is 33.0.